The normalized spacial score (nSPS) is 16.6. The molecule has 0 radical (unpaired) electrons. The van der Waals surface area contributed by atoms with Crippen LogP contribution in [-0.2, 0) is 6.42 Å². The second-order valence-corrected chi connectivity index (χ2v) is 9.10. The van der Waals surface area contributed by atoms with Gasteiger partial charge in [-0.25, -0.2) is 0 Å². The lowest BCUT2D eigenvalue weighted by molar-refractivity contribution is 0.653. The molecule has 1 aromatic rings. The number of hydrogen-bond acceptors (Lipinski definition) is 0. The minimum Gasteiger partial charge on any atom is -0.100 e. The van der Waals surface area contributed by atoms with Crippen molar-refractivity contribution in [3.8, 4) is 0 Å². The Hall–Kier alpha value is -1.82. The number of aryl methyl sites for hydroxylation is 2. The summed E-state index contributed by atoms with van der Waals surface area (Å²) in [6.07, 6.45) is 16.2. The van der Waals surface area contributed by atoms with Gasteiger partial charge in [-0.2, -0.15) is 0 Å². The monoisotopic (exact) mass is 390 g/mol. The molecule has 0 fully saturated rings. The third-order valence-corrected chi connectivity index (χ3v) is 6.75. The summed E-state index contributed by atoms with van der Waals surface area (Å²) in [7, 11) is 0. The molecule has 0 aromatic heterocycles. The van der Waals surface area contributed by atoms with Crippen LogP contribution in [0.4, 0.5) is 0 Å². The molecule has 2 aliphatic carbocycles. The van der Waals surface area contributed by atoms with E-state index in [-0.39, 0.29) is 0 Å². The zero-order valence-corrected chi connectivity index (χ0v) is 19.9. The molecule has 0 N–H and O–H groups in total. The van der Waals surface area contributed by atoms with Gasteiger partial charge in [0, 0.05) is 0 Å². The van der Waals surface area contributed by atoms with Crippen LogP contribution in [0.2, 0.25) is 0 Å². The lowest BCUT2D eigenvalue weighted by Crippen LogP contribution is -2.04. The van der Waals surface area contributed by atoms with E-state index in [1.807, 2.05) is 0 Å². The molecule has 0 saturated heterocycles. The van der Waals surface area contributed by atoms with Crippen molar-refractivity contribution in [3.63, 3.8) is 0 Å². The van der Waals surface area contributed by atoms with E-state index in [4.69, 9.17) is 0 Å². The maximum absolute atomic E-state index is 3.94. The Labute approximate surface area is 180 Å². The van der Waals surface area contributed by atoms with E-state index in [2.05, 4.69) is 72.4 Å². The first-order valence-electron chi connectivity index (χ1n) is 11.6. The topological polar surface area (TPSA) is 0 Å². The fourth-order valence-corrected chi connectivity index (χ4v) is 4.37. The first-order valence-corrected chi connectivity index (χ1v) is 11.6. The molecule has 1 aromatic carbocycles. The van der Waals surface area contributed by atoms with Crippen LogP contribution in [0, 0.1) is 20.8 Å². The minimum atomic E-state index is 1.10. The quantitative estimate of drug-likeness (QED) is 0.440. The van der Waals surface area contributed by atoms with Gasteiger partial charge in [0.25, 0.3) is 0 Å². The molecule has 0 nitrogen and oxygen atoms in total. The van der Waals surface area contributed by atoms with E-state index in [0.29, 0.717) is 0 Å². The first-order chi connectivity index (χ1) is 13.8. The van der Waals surface area contributed by atoms with Gasteiger partial charge in [0.1, 0.15) is 0 Å². The molecule has 0 amide bonds. The average Bonchev–Trinajstić information content (AvgIpc) is 2.72. The molecule has 2 aliphatic rings. The Balaban J connectivity index is 0.000000208. The molecular weight excluding hydrogens is 348 g/mol. The molecule has 3 rings (SSSR count). The van der Waals surface area contributed by atoms with Crippen molar-refractivity contribution in [2.45, 2.75) is 99.3 Å². The molecule has 0 unspecified atom stereocenters. The lowest BCUT2D eigenvalue weighted by atomic mass is 9.82. The Morgan fingerprint density at radius 1 is 0.897 bits per heavy atom. The van der Waals surface area contributed by atoms with Gasteiger partial charge in [-0.15, -0.1) is 6.58 Å². The van der Waals surface area contributed by atoms with E-state index in [0.717, 1.165) is 12.8 Å². The largest absolute Gasteiger partial charge is 0.100 e. The highest BCUT2D eigenvalue weighted by Crippen LogP contribution is 2.35. The van der Waals surface area contributed by atoms with Gasteiger partial charge in [-0.1, -0.05) is 47.9 Å². The van der Waals surface area contributed by atoms with Crippen molar-refractivity contribution in [1.82, 2.24) is 0 Å². The maximum atomic E-state index is 3.94. The third-order valence-electron chi connectivity index (χ3n) is 6.75. The molecule has 0 aliphatic heterocycles. The summed E-state index contributed by atoms with van der Waals surface area (Å²) < 4.78 is 0. The highest BCUT2D eigenvalue weighted by atomic mass is 14.2. The summed E-state index contributed by atoms with van der Waals surface area (Å²) in [6.45, 7) is 17.2. The van der Waals surface area contributed by atoms with Gasteiger partial charge in [-0.05, 0) is 126 Å². The molecule has 0 saturated carbocycles. The van der Waals surface area contributed by atoms with Gasteiger partial charge in [0.2, 0.25) is 0 Å². The summed E-state index contributed by atoms with van der Waals surface area (Å²) in [5.41, 5.74) is 13.6. The Morgan fingerprint density at radius 3 is 2.24 bits per heavy atom. The zero-order valence-electron chi connectivity index (χ0n) is 19.9. The van der Waals surface area contributed by atoms with Crippen molar-refractivity contribution in [3.05, 3.63) is 81.0 Å². The second-order valence-electron chi connectivity index (χ2n) is 9.10. The van der Waals surface area contributed by atoms with Crippen LogP contribution in [0.1, 0.15) is 94.4 Å². The summed E-state index contributed by atoms with van der Waals surface area (Å²) in [6, 6.07) is 4.47. The average molecular weight is 391 g/mol. The SMILES string of the molecule is C=C(C)CCc1ccc(C)c(C)c1C.CCC1=C(C2=CC=C(C)CC2)CCCC1. The molecule has 0 atom stereocenters. The van der Waals surface area contributed by atoms with Crippen molar-refractivity contribution < 1.29 is 0 Å². The van der Waals surface area contributed by atoms with E-state index >= 15 is 0 Å². The smallest absolute Gasteiger partial charge is 0.0239 e. The number of benzene rings is 1. The van der Waals surface area contributed by atoms with Crippen LogP contribution in [0.15, 0.2) is 58.7 Å². The van der Waals surface area contributed by atoms with E-state index in [1.165, 1.54) is 78.3 Å². The Kier molecular flexibility index (Phi) is 9.21. The summed E-state index contributed by atoms with van der Waals surface area (Å²) in [4.78, 5) is 0. The predicted molar refractivity (Wildman–Crippen MR) is 131 cm³/mol. The summed E-state index contributed by atoms with van der Waals surface area (Å²) in [5, 5.41) is 0. The standard InChI is InChI=1S/C15H22.C14H20/c1-3-13-6-4-5-7-15(13)14-10-8-12(2)9-11-14;1-10(2)6-8-14-9-7-11(3)12(4)13(14)5/h8,10H,3-7,9,11H2,1-2H3;7,9H,1,6,8H2,2-5H3. The highest BCUT2D eigenvalue weighted by Gasteiger charge is 2.15. The molecular formula is C29H42. The predicted octanol–water partition coefficient (Wildman–Crippen LogP) is 9.05. The summed E-state index contributed by atoms with van der Waals surface area (Å²) >= 11 is 0. The molecule has 0 heteroatoms. The van der Waals surface area contributed by atoms with Crippen LogP contribution < -0.4 is 0 Å². The summed E-state index contributed by atoms with van der Waals surface area (Å²) in [5.74, 6) is 0. The fourth-order valence-electron chi connectivity index (χ4n) is 4.37. The van der Waals surface area contributed by atoms with E-state index in [9.17, 15) is 0 Å². The van der Waals surface area contributed by atoms with Crippen LogP contribution in [0.25, 0.3) is 0 Å². The Bertz CT molecular complexity index is 811. The van der Waals surface area contributed by atoms with Crippen molar-refractivity contribution >= 4 is 0 Å². The molecule has 0 bridgehead atoms. The van der Waals surface area contributed by atoms with E-state index < -0.39 is 0 Å². The maximum Gasteiger partial charge on any atom is -0.0239 e. The van der Waals surface area contributed by atoms with Gasteiger partial charge in [0.15, 0.2) is 0 Å². The van der Waals surface area contributed by atoms with Crippen LogP contribution in [-0.4, -0.2) is 0 Å². The van der Waals surface area contributed by atoms with Crippen molar-refractivity contribution in [1.29, 1.82) is 0 Å². The van der Waals surface area contributed by atoms with Gasteiger partial charge < -0.3 is 0 Å². The first kappa shape index (κ1) is 23.5. The molecule has 29 heavy (non-hydrogen) atoms. The van der Waals surface area contributed by atoms with Crippen molar-refractivity contribution in [2.24, 2.45) is 0 Å². The van der Waals surface area contributed by atoms with Gasteiger partial charge in [-0.3, -0.25) is 0 Å². The molecule has 0 spiro atoms. The number of rotatable bonds is 5. The molecule has 158 valence electrons. The number of allylic oxidation sites excluding steroid dienone is 7. The van der Waals surface area contributed by atoms with E-state index in [1.54, 1.807) is 16.7 Å². The lowest BCUT2D eigenvalue weighted by Gasteiger charge is -2.23. The van der Waals surface area contributed by atoms with Crippen LogP contribution in [0.5, 0.6) is 0 Å². The molecule has 0 heterocycles. The Morgan fingerprint density at radius 2 is 1.62 bits per heavy atom. The third kappa shape index (κ3) is 6.88. The fraction of sp³-hybridized carbons (Fsp3) is 0.517. The van der Waals surface area contributed by atoms with Crippen LogP contribution >= 0.6 is 0 Å². The van der Waals surface area contributed by atoms with Gasteiger partial charge >= 0.3 is 0 Å². The van der Waals surface area contributed by atoms with Crippen LogP contribution in [0.3, 0.4) is 0 Å². The second kappa shape index (κ2) is 11.4. The number of hydrogen-bond donors (Lipinski definition) is 0. The minimum absolute atomic E-state index is 1.10. The highest BCUT2D eigenvalue weighted by molar-refractivity contribution is 5.41. The van der Waals surface area contributed by atoms with Crippen molar-refractivity contribution in [2.75, 3.05) is 0 Å². The zero-order chi connectivity index (χ0) is 21.4. The van der Waals surface area contributed by atoms with Gasteiger partial charge in [0.05, 0.1) is 0 Å².